The summed E-state index contributed by atoms with van der Waals surface area (Å²) in [5.74, 6) is 5.98. The number of thiophene rings is 1. The number of amides is 1. The van der Waals surface area contributed by atoms with Gasteiger partial charge in [-0.2, -0.15) is 0 Å². The normalized spacial score (nSPS) is 14.0. The minimum absolute atomic E-state index is 0.0490. The molecule has 0 saturated heterocycles. The van der Waals surface area contributed by atoms with Crippen molar-refractivity contribution >= 4 is 23.1 Å². The Bertz CT molecular complexity index is 637. The second-order valence-electron chi connectivity index (χ2n) is 5.27. The summed E-state index contributed by atoms with van der Waals surface area (Å²) in [5.41, 5.74) is 3.93. The molecule has 5 nitrogen and oxygen atoms in total. The Morgan fingerprint density at radius 1 is 1.52 bits per heavy atom. The van der Waals surface area contributed by atoms with Crippen molar-refractivity contribution in [3.05, 3.63) is 45.8 Å². The maximum absolute atomic E-state index is 12.8. The number of nitrogens with two attached hydrogens (primary N) is 1. The van der Waals surface area contributed by atoms with E-state index in [1.54, 1.807) is 17.4 Å². The fourth-order valence-corrected chi connectivity index (χ4v) is 3.06. The van der Waals surface area contributed by atoms with Gasteiger partial charge in [-0.15, -0.1) is 11.3 Å². The molecule has 2 aromatic heterocycles. The van der Waals surface area contributed by atoms with E-state index in [0.29, 0.717) is 24.0 Å². The highest BCUT2D eigenvalue weighted by molar-refractivity contribution is 7.09. The third kappa shape index (κ3) is 3.22. The number of carbonyl (C=O) groups is 1. The molecule has 110 valence electrons. The van der Waals surface area contributed by atoms with Crippen LogP contribution in [0.1, 0.15) is 33.8 Å². The average molecular weight is 302 g/mol. The predicted octanol–water partition coefficient (Wildman–Crippen LogP) is 2.54. The standard InChI is InChI=1S/C15H18N4OS/c1-10-7-11(8-14(17-10)18-16)15(20)19(12-4-5-12)9-13-3-2-6-21-13/h2-3,6-8,12H,4-5,9,16H2,1H3,(H,17,18). The van der Waals surface area contributed by atoms with Gasteiger partial charge >= 0.3 is 0 Å². The first kappa shape index (κ1) is 14.0. The first-order valence-corrected chi connectivity index (χ1v) is 7.84. The zero-order valence-electron chi connectivity index (χ0n) is 11.9. The van der Waals surface area contributed by atoms with Crippen molar-refractivity contribution < 1.29 is 4.79 Å². The lowest BCUT2D eigenvalue weighted by molar-refractivity contribution is 0.0731. The number of anilines is 1. The average Bonchev–Trinajstić information content (AvgIpc) is 3.20. The van der Waals surface area contributed by atoms with Gasteiger partial charge in [0.25, 0.3) is 5.91 Å². The zero-order valence-corrected chi connectivity index (χ0v) is 12.7. The van der Waals surface area contributed by atoms with Crippen molar-refractivity contribution in [1.29, 1.82) is 0 Å². The Morgan fingerprint density at radius 3 is 2.95 bits per heavy atom. The molecule has 2 aromatic rings. The summed E-state index contributed by atoms with van der Waals surface area (Å²) in [6.45, 7) is 2.53. The Morgan fingerprint density at radius 2 is 2.33 bits per heavy atom. The van der Waals surface area contributed by atoms with Gasteiger partial charge in [0.1, 0.15) is 5.82 Å². The second kappa shape index (κ2) is 5.83. The van der Waals surface area contributed by atoms with Crippen LogP contribution in [0.15, 0.2) is 29.6 Å². The van der Waals surface area contributed by atoms with Gasteiger partial charge in [0.15, 0.2) is 0 Å². The molecule has 1 aliphatic rings. The van der Waals surface area contributed by atoms with Gasteiger partial charge in [0.2, 0.25) is 0 Å². The van der Waals surface area contributed by atoms with Gasteiger partial charge in [0.05, 0.1) is 6.54 Å². The molecule has 0 atom stereocenters. The molecule has 1 saturated carbocycles. The van der Waals surface area contributed by atoms with Crippen molar-refractivity contribution in [3.8, 4) is 0 Å². The number of pyridine rings is 1. The molecule has 3 N–H and O–H groups in total. The summed E-state index contributed by atoms with van der Waals surface area (Å²) < 4.78 is 0. The summed E-state index contributed by atoms with van der Waals surface area (Å²) in [4.78, 5) is 20.2. The fraction of sp³-hybridized carbons (Fsp3) is 0.333. The van der Waals surface area contributed by atoms with Crippen LogP contribution in [0.25, 0.3) is 0 Å². The van der Waals surface area contributed by atoms with Crippen LogP contribution < -0.4 is 11.3 Å². The van der Waals surface area contributed by atoms with E-state index in [9.17, 15) is 4.79 Å². The van der Waals surface area contributed by atoms with Gasteiger partial charge < -0.3 is 10.3 Å². The molecule has 3 rings (SSSR count). The minimum Gasteiger partial charge on any atom is -0.331 e. The van der Waals surface area contributed by atoms with Crippen LogP contribution in [0.3, 0.4) is 0 Å². The maximum Gasteiger partial charge on any atom is 0.254 e. The molecular weight excluding hydrogens is 284 g/mol. The second-order valence-corrected chi connectivity index (χ2v) is 6.30. The van der Waals surface area contributed by atoms with Gasteiger partial charge in [-0.3, -0.25) is 4.79 Å². The number of rotatable bonds is 5. The highest BCUT2D eigenvalue weighted by atomic mass is 32.1. The molecule has 0 aliphatic heterocycles. The van der Waals surface area contributed by atoms with Crippen molar-refractivity contribution in [2.75, 3.05) is 5.43 Å². The number of nitrogen functional groups attached to an aromatic ring is 1. The van der Waals surface area contributed by atoms with Crippen LogP contribution in [0, 0.1) is 6.92 Å². The van der Waals surface area contributed by atoms with Crippen molar-refractivity contribution in [1.82, 2.24) is 9.88 Å². The van der Waals surface area contributed by atoms with Crippen LogP contribution in [0.2, 0.25) is 0 Å². The monoisotopic (exact) mass is 302 g/mol. The predicted molar refractivity (Wildman–Crippen MR) is 84.0 cm³/mol. The van der Waals surface area contributed by atoms with E-state index < -0.39 is 0 Å². The lowest BCUT2D eigenvalue weighted by Gasteiger charge is -2.22. The summed E-state index contributed by atoms with van der Waals surface area (Å²) in [6, 6.07) is 7.97. The smallest absolute Gasteiger partial charge is 0.254 e. The molecule has 21 heavy (non-hydrogen) atoms. The maximum atomic E-state index is 12.8. The van der Waals surface area contributed by atoms with Crippen molar-refractivity contribution in [3.63, 3.8) is 0 Å². The van der Waals surface area contributed by atoms with Crippen molar-refractivity contribution in [2.24, 2.45) is 5.84 Å². The molecule has 6 heteroatoms. The number of nitrogens with zero attached hydrogens (tertiary/aromatic N) is 2. The highest BCUT2D eigenvalue weighted by Crippen LogP contribution is 2.31. The summed E-state index contributed by atoms with van der Waals surface area (Å²) in [7, 11) is 0. The van der Waals surface area contributed by atoms with E-state index in [2.05, 4.69) is 16.5 Å². The van der Waals surface area contributed by atoms with Crippen molar-refractivity contribution in [2.45, 2.75) is 32.4 Å². The largest absolute Gasteiger partial charge is 0.331 e. The topological polar surface area (TPSA) is 71.2 Å². The lowest BCUT2D eigenvalue weighted by Crippen LogP contribution is -2.32. The Balaban J connectivity index is 1.85. The molecule has 0 aromatic carbocycles. The van der Waals surface area contributed by atoms with E-state index in [-0.39, 0.29) is 5.91 Å². The zero-order chi connectivity index (χ0) is 14.8. The molecule has 0 bridgehead atoms. The molecule has 0 spiro atoms. The van der Waals surface area contributed by atoms with Crippen LogP contribution in [-0.4, -0.2) is 21.8 Å². The number of carbonyl (C=O) groups excluding carboxylic acids is 1. The molecule has 1 amide bonds. The molecular formula is C15H18N4OS. The van der Waals surface area contributed by atoms with Gasteiger partial charge in [-0.05, 0) is 43.3 Å². The fourth-order valence-electron chi connectivity index (χ4n) is 2.36. The van der Waals surface area contributed by atoms with E-state index >= 15 is 0 Å². The van der Waals surface area contributed by atoms with Gasteiger partial charge in [-0.1, -0.05) is 6.07 Å². The number of aryl methyl sites for hydroxylation is 1. The van der Waals surface area contributed by atoms with Crippen LogP contribution in [0.4, 0.5) is 5.82 Å². The first-order valence-electron chi connectivity index (χ1n) is 6.96. The number of nitrogens with one attached hydrogen (secondary N) is 1. The van der Waals surface area contributed by atoms with E-state index in [0.717, 1.165) is 18.5 Å². The lowest BCUT2D eigenvalue weighted by atomic mass is 10.2. The molecule has 1 fully saturated rings. The van der Waals surface area contributed by atoms with E-state index in [1.165, 1.54) is 4.88 Å². The Kier molecular flexibility index (Phi) is 3.90. The number of aromatic nitrogens is 1. The number of hydrogen-bond acceptors (Lipinski definition) is 5. The third-order valence-electron chi connectivity index (χ3n) is 3.50. The SMILES string of the molecule is Cc1cc(C(=O)N(Cc2cccs2)C2CC2)cc(NN)n1. The Hall–Kier alpha value is -1.92. The van der Waals surface area contributed by atoms with Crippen LogP contribution >= 0.6 is 11.3 Å². The molecule has 0 radical (unpaired) electrons. The molecule has 0 unspecified atom stereocenters. The van der Waals surface area contributed by atoms with E-state index in [1.807, 2.05) is 29.3 Å². The minimum atomic E-state index is 0.0490. The highest BCUT2D eigenvalue weighted by Gasteiger charge is 2.33. The third-order valence-corrected chi connectivity index (χ3v) is 4.36. The van der Waals surface area contributed by atoms with Crippen LogP contribution in [-0.2, 0) is 6.54 Å². The molecule has 1 aliphatic carbocycles. The summed E-state index contributed by atoms with van der Waals surface area (Å²) >= 11 is 1.68. The number of hydrogen-bond donors (Lipinski definition) is 2. The Labute approximate surface area is 127 Å². The first-order chi connectivity index (χ1) is 10.2. The quantitative estimate of drug-likeness (QED) is 0.658. The number of hydrazine groups is 1. The van der Waals surface area contributed by atoms with Gasteiger partial charge in [-0.25, -0.2) is 10.8 Å². The van der Waals surface area contributed by atoms with E-state index in [4.69, 9.17) is 5.84 Å². The molecule has 2 heterocycles. The van der Waals surface area contributed by atoms with Crippen LogP contribution in [0.5, 0.6) is 0 Å². The summed E-state index contributed by atoms with van der Waals surface area (Å²) in [5, 5.41) is 2.04. The summed E-state index contributed by atoms with van der Waals surface area (Å²) in [6.07, 6.45) is 2.17. The van der Waals surface area contributed by atoms with Gasteiger partial charge in [0, 0.05) is 22.2 Å².